The highest BCUT2D eigenvalue weighted by Crippen LogP contribution is 2.31. The molecule has 1 aromatic carbocycles. The molecule has 2 heterocycles. The molecule has 0 saturated carbocycles. The minimum Gasteiger partial charge on any atom is -0.464 e. The summed E-state index contributed by atoms with van der Waals surface area (Å²) in [5, 5.41) is 4.12. The van der Waals surface area contributed by atoms with E-state index >= 15 is 0 Å². The van der Waals surface area contributed by atoms with Crippen LogP contribution in [0.5, 0.6) is 0 Å². The normalized spacial score (nSPS) is 17.0. The number of piperazine rings is 1. The quantitative estimate of drug-likeness (QED) is 0.765. The van der Waals surface area contributed by atoms with Gasteiger partial charge in [-0.15, -0.1) is 0 Å². The minimum atomic E-state index is -0.540. The molecule has 0 radical (unpaired) electrons. The van der Waals surface area contributed by atoms with E-state index in [1.807, 2.05) is 6.92 Å². The number of carbonyl (C=O) groups excluding carboxylic acids is 2. The highest BCUT2D eigenvalue weighted by molar-refractivity contribution is 6.31. The Hall–Kier alpha value is -2.09. The largest absolute Gasteiger partial charge is 0.464 e. The number of nitrogens with zero attached hydrogens (tertiary/aromatic N) is 2. The summed E-state index contributed by atoms with van der Waals surface area (Å²) in [6, 6.07) is 4.91. The molecule has 27 heavy (non-hydrogen) atoms. The molecule has 0 unspecified atom stereocenters. The average molecular weight is 393 g/mol. The summed E-state index contributed by atoms with van der Waals surface area (Å²) in [5.74, 6) is -0.701. The van der Waals surface area contributed by atoms with Gasteiger partial charge < -0.3 is 19.9 Å². The van der Waals surface area contributed by atoms with E-state index in [1.54, 1.807) is 18.2 Å². The van der Waals surface area contributed by atoms with Crippen molar-refractivity contribution in [3.05, 3.63) is 28.9 Å². The Bertz CT molecular complexity index is 843. The number of likely N-dealkylation sites (N-methyl/N-ethyl adjacent to an activating group) is 1. The second-order valence-electron chi connectivity index (χ2n) is 6.69. The summed E-state index contributed by atoms with van der Waals surface area (Å²) in [7, 11) is 1.31. The molecule has 8 heteroatoms. The van der Waals surface area contributed by atoms with E-state index in [0.717, 1.165) is 32.7 Å². The predicted octanol–water partition coefficient (Wildman–Crippen LogP) is 2.57. The third kappa shape index (κ3) is 4.10. The first-order chi connectivity index (χ1) is 12.9. The van der Waals surface area contributed by atoms with E-state index in [-0.39, 0.29) is 17.6 Å². The lowest BCUT2D eigenvalue weighted by Crippen LogP contribution is -2.52. The van der Waals surface area contributed by atoms with Crippen LogP contribution in [0.15, 0.2) is 18.2 Å². The Morgan fingerprint density at radius 1 is 1.30 bits per heavy atom. The second kappa shape index (κ2) is 8.29. The summed E-state index contributed by atoms with van der Waals surface area (Å²) in [4.78, 5) is 32.6. The molecular formula is C19H25ClN4O3. The van der Waals surface area contributed by atoms with Gasteiger partial charge >= 0.3 is 5.97 Å². The molecule has 146 valence electrons. The van der Waals surface area contributed by atoms with Crippen molar-refractivity contribution in [1.29, 1.82) is 0 Å². The van der Waals surface area contributed by atoms with Gasteiger partial charge in [0, 0.05) is 42.1 Å². The average Bonchev–Trinajstić information content (AvgIpc) is 3.04. The first kappa shape index (κ1) is 19.7. The second-order valence-corrected chi connectivity index (χ2v) is 7.13. The Kier molecular flexibility index (Phi) is 6.04. The van der Waals surface area contributed by atoms with Crippen LogP contribution in [0.2, 0.25) is 5.02 Å². The van der Waals surface area contributed by atoms with E-state index < -0.39 is 5.97 Å². The van der Waals surface area contributed by atoms with Crippen molar-refractivity contribution in [2.24, 2.45) is 0 Å². The number of methoxy groups -OCH3 is 1. The fraction of sp³-hybridized carbons (Fsp3) is 0.474. The molecule has 0 spiro atoms. The number of H-pyrrole nitrogens is 1. The van der Waals surface area contributed by atoms with E-state index in [9.17, 15) is 9.59 Å². The zero-order valence-corrected chi connectivity index (χ0v) is 16.6. The molecule has 1 saturated heterocycles. The standard InChI is InChI=1S/C19H25ClN4O3/c1-4-23-7-9-24(10-8-23)12(2)18(25)22-16-14-11-13(20)5-6-15(14)21-17(16)19(26)27-3/h5-6,11-12,21H,4,7-10H2,1-3H3,(H,22,25)/t12-/m1/s1. The van der Waals surface area contributed by atoms with Crippen LogP contribution in [0.3, 0.4) is 0 Å². The zero-order chi connectivity index (χ0) is 19.6. The van der Waals surface area contributed by atoms with Gasteiger partial charge in [-0.3, -0.25) is 9.69 Å². The topological polar surface area (TPSA) is 77.7 Å². The van der Waals surface area contributed by atoms with E-state index in [0.29, 0.717) is 21.6 Å². The zero-order valence-electron chi connectivity index (χ0n) is 15.8. The van der Waals surface area contributed by atoms with Gasteiger partial charge in [0.05, 0.1) is 18.8 Å². The Morgan fingerprint density at radius 3 is 2.63 bits per heavy atom. The Balaban J connectivity index is 1.83. The molecule has 2 N–H and O–H groups in total. The van der Waals surface area contributed by atoms with Crippen LogP contribution in [0, 0.1) is 0 Å². The summed E-state index contributed by atoms with van der Waals surface area (Å²) in [6.45, 7) is 8.62. The maximum absolute atomic E-state index is 12.9. The van der Waals surface area contributed by atoms with Crippen molar-refractivity contribution < 1.29 is 14.3 Å². The minimum absolute atomic E-state index is 0.161. The number of aromatic amines is 1. The van der Waals surface area contributed by atoms with Crippen molar-refractivity contribution >= 4 is 40.1 Å². The lowest BCUT2D eigenvalue weighted by molar-refractivity contribution is -0.121. The number of rotatable bonds is 5. The van der Waals surface area contributed by atoms with Gasteiger partial charge in [0.25, 0.3) is 0 Å². The van der Waals surface area contributed by atoms with Crippen molar-refractivity contribution in [3.63, 3.8) is 0 Å². The smallest absolute Gasteiger partial charge is 0.356 e. The molecule has 2 aromatic rings. The van der Waals surface area contributed by atoms with E-state index in [2.05, 4.69) is 27.0 Å². The third-order valence-corrected chi connectivity index (χ3v) is 5.41. The van der Waals surface area contributed by atoms with Crippen molar-refractivity contribution in [3.8, 4) is 0 Å². The van der Waals surface area contributed by atoms with Gasteiger partial charge in [-0.1, -0.05) is 18.5 Å². The van der Waals surface area contributed by atoms with Crippen LogP contribution in [-0.2, 0) is 9.53 Å². The lowest BCUT2D eigenvalue weighted by atomic mass is 10.2. The molecule has 1 amide bonds. The highest BCUT2D eigenvalue weighted by Gasteiger charge is 2.27. The van der Waals surface area contributed by atoms with Crippen molar-refractivity contribution in [1.82, 2.24) is 14.8 Å². The number of benzene rings is 1. The molecule has 1 aliphatic heterocycles. The van der Waals surface area contributed by atoms with Gasteiger partial charge in [0.1, 0.15) is 5.69 Å². The van der Waals surface area contributed by atoms with Gasteiger partial charge in [0.15, 0.2) is 0 Å². The van der Waals surface area contributed by atoms with Crippen molar-refractivity contribution in [2.45, 2.75) is 19.9 Å². The predicted molar refractivity (Wildman–Crippen MR) is 106 cm³/mol. The van der Waals surface area contributed by atoms with Crippen LogP contribution in [-0.4, -0.2) is 72.5 Å². The van der Waals surface area contributed by atoms with Crippen LogP contribution in [0.25, 0.3) is 10.9 Å². The summed E-state index contributed by atoms with van der Waals surface area (Å²) < 4.78 is 4.85. The SMILES string of the molecule is CCN1CCN([C@H](C)C(=O)Nc2c(C(=O)OC)[nH]c3ccc(Cl)cc23)CC1. The first-order valence-corrected chi connectivity index (χ1v) is 9.49. The number of halogens is 1. The lowest BCUT2D eigenvalue weighted by Gasteiger charge is -2.36. The number of anilines is 1. The van der Waals surface area contributed by atoms with Crippen LogP contribution < -0.4 is 5.32 Å². The van der Waals surface area contributed by atoms with Crippen LogP contribution >= 0.6 is 11.6 Å². The van der Waals surface area contributed by atoms with Crippen molar-refractivity contribution in [2.75, 3.05) is 45.2 Å². The fourth-order valence-corrected chi connectivity index (χ4v) is 3.58. The maximum Gasteiger partial charge on any atom is 0.356 e. The van der Waals surface area contributed by atoms with Crippen LogP contribution in [0.4, 0.5) is 5.69 Å². The fourth-order valence-electron chi connectivity index (χ4n) is 3.41. The molecule has 0 bridgehead atoms. The number of amides is 1. The summed E-state index contributed by atoms with van der Waals surface area (Å²) in [6.07, 6.45) is 0. The summed E-state index contributed by atoms with van der Waals surface area (Å²) >= 11 is 6.11. The highest BCUT2D eigenvalue weighted by atomic mass is 35.5. The molecule has 7 nitrogen and oxygen atoms in total. The number of hydrogen-bond donors (Lipinski definition) is 2. The molecule has 1 atom stereocenters. The van der Waals surface area contributed by atoms with E-state index in [4.69, 9.17) is 16.3 Å². The number of esters is 1. The van der Waals surface area contributed by atoms with Gasteiger partial charge in [0.2, 0.25) is 5.91 Å². The van der Waals surface area contributed by atoms with Gasteiger partial charge in [-0.25, -0.2) is 4.79 Å². The molecule has 0 aliphatic carbocycles. The molecule has 1 aliphatic rings. The molecule has 1 aromatic heterocycles. The third-order valence-electron chi connectivity index (χ3n) is 5.18. The van der Waals surface area contributed by atoms with Crippen LogP contribution in [0.1, 0.15) is 24.3 Å². The van der Waals surface area contributed by atoms with E-state index in [1.165, 1.54) is 7.11 Å². The number of nitrogens with one attached hydrogen (secondary N) is 2. The molecular weight excluding hydrogens is 368 g/mol. The van der Waals surface area contributed by atoms with Gasteiger partial charge in [-0.2, -0.15) is 0 Å². The van der Waals surface area contributed by atoms with Gasteiger partial charge in [-0.05, 0) is 31.7 Å². The molecule has 1 fully saturated rings. The number of fused-ring (bicyclic) bond motifs is 1. The Morgan fingerprint density at radius 2 is 2.00 bits per heavy atom. The number of carbonyl (C=O) groups is 2. The Labute approximate surface area is 163 Å². The monoisotopic (exact) mass is 392 g/mol. The molecule has 3 rings (SSSR count). The number of hydrogen-bond acceptors (Lipinski definition) is 5. The first-order valence-electron chi connectivity index (χ1n) is 9.11. The number of ether oxygens (including phenoxy) is 1. The maximum atomic E-state index is 12.9. The summed E-state index contributed by atoms with van der Waals surface area (Å²) in [5.41, 5.74) is 1.33. The number of aromatic nitrogens is 1.